The fourth-order valence-corrected chi connectivity index (χ4v) is 2.28. The van der Waals surface area contributed by atoms with E-state index < -0.39 is 17.8 Å². The number of imidazole rings is 1. The Balaban J connectivity index is 1.72. The molecule has 124 valence electrons. The smallest absolute Gasteiger partial charge is 0.342 e. The summed E-state index contributed by atoms with van der Waals surface area (Å²) < 4.78 is 38.0. The molecule has 1 aromatic heterocycles. The first-order chi connectivity index (χ1) is 11.3. The Kier molecular flexibility index (Phi) is 3.88. The molecule has 0 unspecified atom stereocenters. The van der Waals surface area contributed by atoms with Gasteiger partial charge in [-0.3, -0.25) is 0 Å². The van der Waals surface area contributed by atoms with Gasteiger partial charge in [-0.25, -0.2) is 9.78 Å². The van der Waals surface area contributed by atoms with E-state index in [1.165, 1.54) is 12.1 Å². The van der Waals surface area contributed by atoms with Crippen LogP contribution in [0.5, 0.6) is 0 Å². The number of H-pyrrole nitrogens is 1. The van der Waals surface area contributed by atoms with Crippen LogP contribution >= 0.6 is 0 Å². The van der Waals surface area contributed by atoms with E-state index in [2.05, 4.69) is 20.6 Å². The Labute approximate surface area is 134 Å². The quantitative estimate of drug-likeness (QED) is 0.644. The molecule has 0 aliphatic rings. The molecule has 0 aliphatic carbocycles. The average Bonchev–Trinajstić information content (AvgIpc) is 2.86. The molecule has 0 atom stereocenters. The van der Waals surface area contributed by atoms with Crippen molar-refractivity contribution in [2.24, 2.45) is 0 Å². The highest BCUT2D eigenvalue weighted by molar-refractivity contribution is 6.00. The number of benzene rings is 2. The molecule has 0 fully saturated rings. The van der Waals surface area contributed by atoms with Gasteiger partial charge >= 0.3 is 12.2 Å². The second-order valence-corrected chi connectivity index (χ2v) is 5.21. The predicted molar refractivity (Wildman–Crippen MR) is 84.9 cm³/mol. The van der Waals surface area contributed by atoms with Crippen molar-refractivity contribution in [3.8, 4) is 0 Å². The van der Waals surface area contributed by atoms with Gasteiger partial charge in [0.15, 0.2) is 0 Å². The van der Waals surface area contributed by atoms with E-state index in [0.717, 1.165) is 29.0 Å². The van der Waals surface area contributed by atoms with Crippen LogP contribution in [0.25, 0.3) is 11.0 Å². The Morgan fingerprint density at radius 3 is 2.50 bits per heavy atom. The number of hydrogen-bond acceptors (Lipinski definition) is 2. The molecule has 3 N–H and O–H groups in total. The van der Waals surface area contributed by atoms with Crippen LogP contribution < -0.4 is 10.6 Å². The van der Waals surface area contributed by atoms with E-state index in [1.807, 2.05) is 6.92 Å². The number of nitrogens with zero attached hydrogens (tertiary/aromatic N) is 1. The number of aromatic amines is 1. The summed E-state index contributed by atoms with van der Waals surface area (Å²) in [5.41, 5.74) is 1.24. The van der Waals surface area contributed by atoms with Gasteiger partial charge in [0.25, 0.3) is 0 Å². The summed E-state index contributed by atoms with van der Waals surface area (Å²) in [7, 11) is 0. The van der Waals surface area contributed by atoms with E-state index in [1.54, 1.807) is 18.2 Å². The number of alkyl halides is 3. The van der Waals surface area contributed by atoms with E-state index in [-0.39, 0.29) is 5.69 Å². The van der Waals surface area contributed by atoms with Crippen molar-refractivity contribution < 1.29 is 18.0 Å². The lowest BCUT2D eigenvalue weighted by molar-refractivity contribution is -0.137. The Bertz CT molecular complexity index is 902. The number of halogens is 3. The SMILES string of the molecule is Cc1nc2ccc(NC(=O)Nc3cccc(C(F)(F)F)c3)cc2[nH]1. The molecular weight excluding hydrogens is 321 g/mol. The summed E-state index contributed by atoms with van der Waals surface area (Å²) in [6.45, 7) is 1.81. The maximum Gasteiger partial charge on any atom is 0.416 e. The third kappa shape index (κ3) is 3.48. The molecule has 3 rings (SSSR count). The monoisotopic (exact) mass is 334 g/mol. The minimum Gasteiger partial charge on any atom is -0.342 e. The van der Waals surface area contributed by atoms with Crippen LogP contribution in [0, 0.1) is 6.92 Å². The second-order valence-electron chi connectivity index (χ2n) is 5.21. The number of fused-ring (bicyclic) bond motifs is 1. The average molecular weight is 334 g/mol. The van der Waals surface area contributed by atoms with Gasteiger partial charge in [0.2, 0.25) is 0 Å². The number of nitrogens with one attached hydrogen (secondary N) is 3. The fraction of sp³-hybridized carbons (Fsp3) is 0.125. The standard InChI is InChI=1S/C16H13F3N4O/c1-9-20-13-6-5-12(8-14(13)21-9)23-15(24)22-11-4-2-3-10(7-11)16(17,18)19/h2-8H,1H3,(H,20,21)(H2,22,23,24). The summed E-state index contributed by atoms with van der Waals surface area (Å²) in [5.74, 6) is 0.746. The highest BCUT2D eigenvalue weighted by Crippen LogP contribution is 2.30. The summed E-state index contributed by atoms with van der Waals surface area (Å²) >= 11 is 0. The van der Waals surface area contributed by atoms with Crippen molar-refractivity contribution in [3.05, 3.63) is 53.9 Å². The molecule has 3 aromatic rings. The number of rotatable bonds is 2. The molecule has 0 bridgehead atoms. The number of carbonyl (C=O) groups excluding carboxylic acids is 1. The van der Waals surface area contributed by atoms with Crippen molar-refractivity contribution in [2.75, 3.05) is 10.6 Å². The van der Waals surface area contributed by atoms with E-state index in [4.69, 9.17) is 0 Å². The first kappa shape index (κ1) is 15.9. The van der Waals surface area contributed by atoms with Crippen LogP contribution in [0.3, 0.4) is 0 Å². The van der Waals surface area contributed by atoms with E-state index in [0.29, 0.717) is 5.69 Å². The van der Waals surface area contributed by atoms with E-state index in [9.17, 15) is 18.0 Å². The molecule has 2 aromatic carbocycles. The molecule has 24 heavy (non-hydrogen) atoms. The molecule has 8 heteroatoms. The largest absolute Gasteiger partial charge is 0.416 e. The van der Waals surface area contributed by atoms with Gasteiger partial charge in [0, 0.05) is 11.4 Å². The van der Waals surface area contributed by atoms with Gasteiger partial charge in [0.05, 0.1) is 16.6 Å². The summed E-state index contributed by atoms with van der Waals surface area (Å²) in [6, 6.07) is 8.89. The molecule has 5 nitrogen and oxygen atoms in total. The van der Waals surface area contributed by atoms with Gasteiger partial charge in [-0.2, -0.15) is 13.2 Å². The number of hydrogen-bond donors (Lipinski definition) is 3. The first-order valence-electron chi connectivity index (χ1n) is 7.03. The van der Waals surface area contributed by atoms with Crippen LogP contribution in [0.15, 0.2) is 42.5 Å². The molecule has 0 saturated carbocycles. The van der Waals surface area contributed by atoms with Crippen molar-refractivity contribution in [3.63, 3.8) is 0 Å². The van der Waals surface area contributed by atoms with Gasteiger partial charge < -0.3 is 15.6 Å². The molecule has 1 heterocycles. The van der Waals surface area contributed by atoms with Gasteiger partial charge in [-0.1, -0.05) is 6.07 Å². The molecular formula is C16H13F3N4O. The van der Waals surface area contributed by atoms with Gasteiger partial charge in [-0.15, -0.1) is 0 Å². The Morgan fingerprint density at radius 1 is 1.08 bits per heavy atom. The lowest BCUT2D eigenvalue weighted by Gasteiger charge is -2.10. The van der Waals surface area contributed by atoms with Crippen LogP contribution in [-0.2, 0) is 6.18 Å². The minimum absolute atomic E-state index is 0.0563. The lowest BCUT2D eigenvalue weighted by atomic mass is 10.2. The molecule has 0 saturated heterocycles. The zero-order chi connectivity index (χ0) is 17.3. The number of aryl methyl sites for hydroxylation is 1. The zero-order valence-electron chi connectivity index (χ0n) is 12.5. The molecule has 0 spiro atoms. The third-order valence-corrected chi connectivity index (χ3v) is 3.31. The zero-order valence-corrected chi connectivity index (χ0v) is 12.5. The van der Waals surface area contributed by atoms with E-state index >= 15 is 0 Å². The van der Waals surface area contributed by atoms with Crippen LogP contribution in [0.1, 0.15) is 11.4 Å². The maximum absolute atomic E-state index is 12.7. The minimum atomic E-state index is -4.46. The van der Waals surface area contributed by atoms with Crippen molar-refractivity contribution in [1.82, 2.24) is 9.97 Å². The number of aromatic nitrogens is 2. The molecule has 0 radical (unpaired) electrons. The molecule has 2 amide bonds. The fourth-order valence-electron chi connectivity index (χ4n) is 2.28. The van der Waals surface area contributed by atoms with Crippen LogP contribution in [-0.4, -0.2) is 16.0 Å². The highest BCUT2D eigenvalue weighted by Gasteiger charge is 2.30. The number of amides is 2. The van der Waals surface area contributed by atoms with Gasteiger partial charge in [-0.05, 0) is 43.3 Å². The normalized spacial score (nSPS) is 11.5. The predicted octanol–water partition coefficient (Wildman–Crippen LogP) is 4.53. The molecule has 0 aliphatic heterocycles. The second kappa shape index (κ2) is 5.88. The Morgan fingerprint density at radius 2 is 1.79 bits per heavy atom. The van der Waals surface area contributed by atoms with Crippen LogP contribution in [0.4, 0.5) is 29.3 Å². The lowest BCUT2D eigenvalue weighted by Crippen LogP contribution is -2.19. The summed E-state index contributed by atoms with van der Waals surface area (Å²) in [5, 5.41) is 4.95. The first-order valence-corrected chi connectivity index (χ1v) is 7.03. The number of carbonyl (C=O) groups is 1. The van der Waals surface area contributed by atoms with Crippen molar-refractivity contribution in [1.29, 1.82) is 0 Å². The van der Waals surface area contributed by atoms with Gasteiger partial charge in [0.1, 0.15) is 5.82 Å². The van der Waals surface area contributed by atoms with Crippen LogP contribution in [0.2, 0.25) is 0 Å². The third-order valence-electron chi connectivity index (χ3n) is 3.31. The Hall–Kier alpha value is -3.03. The highest BCUT2D eigenvalue weighted by atomic mass is 19.4. The maximum atomic E-state index is 12.7. The number of anilines is 2. The summed E-state index contributed by atoms with van der Waals surface area (Å²) in [4.78, 5) is 19.2. The van der Waals surface area contributed by atoms with Crippen molar-refractivity contribution >= 4 is 28.4 Å². The topological polar surface area (TPSA) is 69.8 Å². The van der Waals surface area contributed by atoms with Crippen molar-refractivity contribution in [2.45, 2.75) is 13.1 Å². The summed E-state index contributed by atoms with van der Waals surface area (Å²) in [6.07, 6.45) is -4.46. The number of urea groups is 1.